The van der Waals surface area contributed by atoms with E-state index in [9.17, 15) is 43.2 Å². The molecule has 0 aromatic rings. The third kappa shape index (κ3) is 81.9. The highest BCUT2D eigenvalue weighted by molar-refractivity contribution is 7.47. The molecule has 5 atom stereocenters. The van der Waals surface area contributed by atoms with Crippen molar-refractivity contribution in [3.05, 3.63) is 0 Å². The maximum atomic E-state index is 13.2. The number of esters is 4. The third-order valence-electron chi connectivity index (χ3n) is 20.6. The van der Waals surface area contributed by atoms with Crippen LogP contribution in [0.25, 0.3) is 0 Å². The predicted octanol–water partition coefficient (Wildman–Crippen LogP) is 26.9. The van der Waals surface area contributed by atoms with Crippen molar-refractivity contribution in [2.24, 2.45) is 17.8 Å². The van der Waals surface area contributed by atoms with Gasteiger partial charge in [0.25, 0.3) is 0 Å². The third-order valence-corrected chi connectivity index (χ3v) is 22.5. The molecular formula is C88H172O17P2. The Labute approximate surface area is 658 Å². The lowest BCUT2D eigenvalue weighted by atomic mass is 10.0. The molecule has 3 N–H and O–H groups in total. The average molecular weight is 1560 g/mol. The number of hydrogen-bond donors (Lipinski definition) is 3. The van der Waals surface area contributed by atoms with Gasteiger partial charge < -0.3 is 33.8 Å². The van der Waals surface area contributed by atoms with Crippen molar-refractivity contribution in [1.29, 1.82) is 0 Å². The van der Waals surface area contributed by atoms with E-state index in [1.54, 1.807) is 0 Å². The van der Waals surface area contributed by atoms with E-state index >= 15 is 0 Å². The number of aliphatic hydroxyl groups is 1. The Kier molecular flexibility index (Phi) is 76.6. The van der Waals surface area contributed by atoms with Crippen LogP contribution in [0.4, 0.5) is 0 Å². The molecule has 0 aromatic heterocycles. The normalized spacial score (nSPS) is 13.8. The first kappa shape index (κ1) is 105. The highest BCUT2D eigenvalue weighted by atomic mass is 31.2. The largest absolute Gasteiger partial charge is 0.472 e. The summed E-state index contributed by atoms with van der Waals surface area (Å²) in [5.74, 6) is 0.196. The molecule has 0 aliphatic rings. The minimum atomic E-state index is -4.97. The number of phosphoric acid groups is 2. The Morgan fingerprint density at radius 3 is 0.636 bits per heavy atom. The second-order valence-corrected chi connectivity index (χ2v) is 36.0. The number of phosphoric ester groups is 2. The molecule has 0 rings (SSSR count). The van der Waals surface area contributed by atoms with Gasteiger partial charge in [0, 0.05) is 25.7 Å². The SMILES string of the molecule is CCCCCCCCCCCCCCCCCCCCCCC(=O)O[C@H](COC(=O)CCCCCCCCCCCCCCCCCCC(C)C)COP(=O)(O)OC[C@@H](O)COP(=O)(O)OC[C@@H](COC(=O)CCCCCCCCC(C)C)OC(=O)CCCCCCCCCCCCCCCCCCC(C)C. The first-order valence-corrected chi connectivity index (χ1v) is 48.3. The van der Waals surface area contributed by atoms with E-state index in [-0.39, 0.29) is 25.7 Å². The van der Waals surface area contributed by atoms with Crippen molar-refractivity contribution in [3.63, 3.8) is 0 Å². The molecule has 0 saturated carbocycles. The summed E-state index contributed by atoms with van der Waals surface area (Å²) in [6, 6.07) is 0. The van der Waals surface area contributed by atoms with Crippen LogP contribution in [-0.4, -0.2) is 96.7 Å². The van der Waals surface area contributed by atoms with Crippen LogP contribution in [0.2, 0.25) is 0 Å². The highest BCUT2D eigenvalue weighted by Gasteiger charge is 2.31. The van der Waals surface area contributed by atoms with E-state index in [1.165, 1.54) is 270 Å². The van der Waals surface area contributed by atoms with Gasteiger partial charge in [-0.3, -0.25) is 37.3 Å². The van der Waals surface area contributed by atoms with Crippen LogP contribution in [-0.2, 0) is 65.4 Å². The average Bonchev–Trinajstić information content (AvgIpc) is 0.901. The molecule has 17 nitrogen and oxygen atoms in total. The zero-order chi connectivity index (χ0) is 78.6. The second kappa shape index (κ2) is 78.0. The van der Waals surface area contributed by atoms with Crippen LogP contribution in [0, 0.1) is 17.8 Å². The van der Waals surface area contributed by atoms with Gasteiger partial charge in [0.2, 0.25) is 0 Å². The van der Waals surface area contributed by atoms with Gasteiger partial charge in [-0.05, 0) is 43.4 Å². The molecule has 107 heavy (non-hydrogen) atoms. The summed E-state index contributed by atoms with van der Waals surface area (Å²) in [5.41, 5.74) is 0. The zero-order valence-corrected chi connectivity index (χ0v) is 72.4. The second-order valence-electron chi connectivity index (χ2n) is 33.1. The number of hydrogen-bond acceptors (Lipinski definition) is 15. The molecule has 0 bridgehead atoms. The molecule has 2 unspecified atom stereocenters. The molecule has 0 amide bonds. The smallest absolute Gasteiger partial charge is 0.462 e. The van der Waals surface area contributed by atoms with Crippen molar-refractivity contribution in [2.75, 3.05) is 39.6 Å². The topological polar surface area (TPSA) is 237 Å². The summed E-state index contributed by atoms with van der Waals surface area (Å²) in [6.07, 6.45) is 69.7. The van der Waals surface area contributed by atoms with E-state index in [0.717, 1.165) is 108 Å². The minimum absolute atomic E-state index is 0.107. The maximum Gasteiger partial charge on any atom is 0.472 e. The first-order chi connectivity index (χ1) is 51.7. The summed E-state index contributed by atoms with van der Waals surface area (Å²) in [6.45, 7) is 12.0. The molecule has 0 spiro atoms. The summed E-state index contributed by atoms with van der Waals surface area (Å²) in [7, 11) is -9.93. The lowest BCUT2D eigenvalue weighted by Gasteiger charge is -2.21. The Morgan fingerprint density at radius 1 is 0.252 bits per heavy atom. The van der Waals surface area contributed by atoms with Crippen molar-refractivity contribution >= 4 is 39.5 Å². The van der Waals surface area contributed by atoms with E-state index in [2.05, 4.69) is 48.5 Å². The van der Waals surface area contributed by atoms with E-state index in [1.807, 2.05) is 0 Å². The molecule has 0 radical (unpaired) electrons. The van der Waals surface area contributed by atoms with Gasteiger partial charge in [-0.2, -0.15) is 0 Å². The number of carbonyl (C=O) groups excluding carboxylic acids is 4. The van der Waals surface area contributed by atoms with Gasteiger partial charge in [0.1, 0.15) is 19.3 Å². The van der Waals surface area contributed by atoms with Gasteiger partial charge in [-0.1, -0.05) is 414 Å². The summed E-state index contributed by atoms with van der Waals surface area (Å²) >= 11 is 0. The van der Waals surface area contributed by atoms with Crippen molar-refractivity contribution in [2.45, 2.75) is 484 Å². The Morgan fingerprint density at radius 2 is 0.430 bits per heavy atom. The lowest BCUT2D eigenvalue weighted by Crippen LogP contribution is -2.30. The summed E-state index contributed by atoms with van der Waals surface area (Å²) < 4.78 is 68.9. The molecular weight excluding hydrogens is 1390 g/mol. The summed E-state index contributed by atoms with van der Waals surface area (Å²) in [4.78, 5) is 73.2. The molecule has 0 fully saturated rings. The lowest BCUT2D eigenvalue weighted by molar-refractivity contribution is -0.161. The fourth-order valence-electron chi connectivity index (χ4n) is 13.7. The first-order valence-electron chi connectivity index (χ1n) is 45.3. The summed E-state index contributed by atoms with van der Waals surface area (Å²) in [5, 5.41) is 10.7. The molecule has 0 saturated heterocycles. The van der Waals surface area contributed by atoms with Gasteiger partial charge in [-0.25, -0.2) is 9.13 Å². The highest BCUT2D eigenvalue weighted by Crippen LogP contribution is 2.45. The standard InChI is InChI=1S/C88H172O17P2/c1-8-9-10-11-12-13-14-15-16-17-18-19-20-28-33-38-43-48-57-64-71-87(92)104-83(75-98-85(90)69-62-55-47-42-37-32-27-23-21-25-30-35-40-45-52-59-66-79(2)3)77-102-106(94,95)100-73-82(89)74-101-107(96,97)103-78-84(76-99-86(91)70-63-56-51-50-54-61-68-81(6)7)105-88(93)72-65-58-49-44-39-34-29-24-22-26-31-36-41-46-53-60-67-80(4)5/h79-84,89H,8-78H2,1-7H3,(H,94,95)(H,96,97)/t82-,83-,84-/m1/s1. The van der Waals surface area contributed by atoms with Gasteiger partial charge >= 0.3 is 39.5 Å². The fraction of sp³-hybridized carbons (Fsp3) is 0.955. The number of rotatable bonds is 86. The van der Waals surface area contributed by atoms with Gasteiger partial charge in [0.15, 0.2) is 12.2 Å². The van der Waals surface area contributed by atoms with Crippen LogP contribution in [0.3, 0.4) is 0 Å². The zero-order valence-electron chi connectivity index (χ0n) is 70.6. The van der Waals surface area contributed by atoms with Crippen LogP contribution in [0.15, 0.2) is 0 Å². The Balaban J connectivity index is 5.20. The molecule has 0 aliphatic carbocycles. The molecule has 19 heteroatoms. The van der Waals surface area contributed by atoms with Gasteiger partial charge in [-0.15, -0.1) is 0 Å². The predicted molar refractivity (Wildman–Crippen MR) is 441 cm³/mol. The minimum Gasteiger partial charge on any atom is -0.462 e. The Bertz CT molecular complexity index is 2060. The van der Waals surface area contributed by atoms with Crippen LogP contribution < -0.4 is 0 Å². The number of aliphatic hydroxyl groups excluding tert-OH is 1. The Hall–Kier alpha value is -1.94. The monoisotopic (exact) mass is 1560 g/mol. The van der Waals surface area contributed by atoms with E-state index in [0.29, 0.717) is 31.6 Å². The quantitative estimate of drug-likeness (QED) is 0.0222. The molecule has 0 aromatic carbocycles. The number of carbonyl (C=O) groups is 4. The molecule has 636 valence electrons. The van der Waals surface area contributed by atoms with Crippen LogP contribution >= 0.6 is 15.6 Å². The number of ether oxygens (including phenoxy) is 4. The molecule has 0 heterocycles. The fourth-order valence-corrected chi connectivity index (χ4v) is 15.3. The van der Waals surface area contributed by atoms with E-state index < -0.39 is 97.5 Å². The number of unbranched alkanes of at least 4 members (excludes halogenated alkanes) is 54. The van der Waals surface area contributed by atoms with Crippen molar-refractivity contribution < 1.29 is 80.2 Å². The van der Waals surface area contributed by atoms with Crippen LogP contribution in [0.5, 0.6) is 0 Å². The van der Waals surface area contributed by atoms with Crippen molar-refractivity contribution in [3.8, 4) is 0 Å². The van der Waals surface area contributed by atoms with Crippen molar-refractivity contribution in [1.82, 2.24) is 0 Å². The van der Waals surface area contributed by atoms with Crippen LogP contribution in [0.1, 0.15) is 466 Å². The van der Waals surface area contributed by atoms with E-state index in [4.69, 9.17) is 37.0 Å². The van der Waals surface area contributed by atoms with Gasteiger partial charge in [0.05, 0.1) is 26.4 Å². The molecule has 0 aliphatic heterocycles. The maximum absolute atomic E-state index is 13.2.